The third-order valence-corrected chi connectivity index (χ3v) is 10.1. The Balaban J connectivity index is 1.54. The summed E-state index contributed by atoms with van der Waals surface area (Å²) in [6, 6.07) is 8.52. The first-order chi connectivity index (χ1) is 15.8. The summed E-state index contributed by atoms with van der Waals surface area (Å²) in [4.78, 5) is 12.2. The van der Waals surface area contributed by atoms with Crippen LogP contribution in [0.4, 0.5) is 8.78 Å². The molecule has 0 N–H and O–H groups in total. The van der Waals surface area contributed by atoms with Gasteiger partial charge < -0.3 is 4.74 Å². The highest BCUT2D eigenvalue weighted by molar-refractivity contribution is 9.10. The van der Waals surface area contributed by atoms with E-state index in [0.29, 0.717) is 37.7 Å². The summed E-state index contributed by atoms with van der Waals surface area (Å²) in [5.74, 6) is 1.10. The number of ketones is 1. The maximum absolute atomic E-state index is 14.2. The first kappa shape index (κ1) is 21.9. The third kappa shape index (κ3) is 3.07. The maximum atomic E-state index is 14.2. The number of hydrogen-bond donors (Lipinski definition) is 0. The van der Waals surface area contributed by atoms with Crippen molar-refractivity contribution in [1.82, 2.24) is 0 Å². The van der Waals surface area contributed by atoms with Crippen molar-refractivity contribution in [1.29, 1.82) is 0 Å². The van der Waals surface area contributed by atoms with E-state index in [1.807, 2.05) is 6.08 Å². The second kappa shape index (κ2) is 7.71. The molecule has 1 aromatic rings. The lowest BCUT2D eigenvalue weighted by atomic mass is 9.50. The Labute approximate surface area is 202 Å². The minimum absolute atomic E-state index is 0.166. The van der Waals surface area contributed by atoms with E-state index in [0.717, 1.165) is 36.6 Å². The van der Waals surface area contributed by atoms with E-state index in [4.69, 9.17) is 4.74 Å². The van der Waals surface area contributed by atoms with E-state index in [2.05, 4.69) is 47.1 Å². The van der Waals surface area contributed by atoms with Crippen LogP contribution in [0.5, 0.6) is 0 Å². The van der Waals surface area contributed by atoms with Crippen LogP contribution in [0.1, 0.15) is 69.8 Å². The summed E-state index contributed by atoms with van der Waals surface area (Å²) in [6.45, 7) is 2.63. The number of fused-ring (bicyclic) bond motifs is 5. The molecule has 3 fully saturated rings. The van der Waals surface area contributed by atoms with Crippen molar-refractivity contribution < 1.29 is 18.3 Å². The van der Waals surface area contributed by atoms with E-state index in [1.165, 1.54) is 22.3 Å². The van der Waals surface area contributed by atoms with Gasteiger partial charge in [0.25, 0.3) is 6.08 Å². The largest absolute Gasteiger partial charge is 0.370 e. The summed E-state index contributed by atoms with van der Waals surface area (Å²) in [5.41, 5.74) is 4.45. The predicted molar refractivity (Wildman–Crippen MR) is 127 cm³/mol. The number of carbonyl (C=O) groups is 1. The number of rotatable bonds is 1. The third-order valence-electron chi connectivity index (χ3n) is 9.54. The molecule has 2 saturated carbocycles. The van der Waals surface area contributed by atoms with Gasteiger partial charge in [-0.3, -0.25) is 4.79 Å². The van der Waals surface area contributed by atoms with Crippen LogP contribution in [0.15, 0.2) is 63.2 Å². The number of hydrogen-bond acceptors (Lipinski definition) is 2. The fraction of sp³-hybridized carbons (Fsp3) is 0.536. The van der Waals surface area contributed by atoms with E-state index in [-0.39, 0.29) is 22.7 Å². The molecule has 6 rings (SSSR count). The molecular weight excluding hydrogens is 486 g/mol. The van der Waals surface area contributed by atoms with Gasteiger partial charge in [0.2, 0.25) is 0 Å². The fourth-order valence-corrected chi connectivity index (χ4v) is 8.50. The maximum Gasteiger partial charge on any atom is 0.272 e. The van der Waals surface area contributed by atoms with Crippen LogP contribution in [-0.4, -0.2) is 18.0 Å². The molecule has 1 saturated heterocycles. The lowest BCUT2D eigenvalue weighted by Crippen LogP contribution is -2.52. The van der Waals surface area contributed by atoms with Gasteiger partial charge in [0.05, 0.1) is 6.61 Å². The topological polar surface area (TPSA) is 26.3 Å². The molecule has 1 aliphatic heterocycles. The Morgan fingerprint density at radius 1 is 1.09 bits per heavy atom. The van der Waals surface area contributed by atoms with Gasteiger partial charge in [-0.2, -0.15) is 8.78 Å². The van der Waals surface area contributed by atoms with Crippen LogP contribution in [0.3, 0.4) is 0 Å². The highest BCUT2D eigenvalue weighted by atomic mass is 79.9. The second-order valence-corrected chi connectivity index (χ2v) is 11.7. The van der Waals surface area contributed by atoms with Gasteiger partial charge in [-0.05, 0) is 85.3 Å². The minimum atomic E-state index is -1.53. The zero-order chi connectivity index (χ0) is 23.0. The summed E-state index contributed by atoms with van der Waals surface area (Å²) >= 11 is 3.56. The Morgan fingerprint density at radius 2 is 1.88 bits per heavy atom. The molecule has 1 heterocycles. The van der Waals surface area contributed by atoms with Crippen LogP contribution < -0.4 is 0 Å². The zero-order valence-corrected chi connectivity index (χ0v) is 20.5. The van der Waals surface area contributed by atoms with E-state index >= 15 is 0 Å². The Bertz CT molecular complexity index is 1110. The highest BCUT2D eigenvalue weighted by Gasteiger charge is 2.67. The van der Waals surface area contributed by atoms with Gasteiger partial charge in [-0.1, -0.05) is 40.6 Å². The average Bonchev–Trinajstić information content (AvgIpc) is 3.36. The monoisotopic (exact) mass is 514 g/mol. The second-order valence-electron chi connectivity index (χ2n) is 10.8. The Morgan fingerprint density at radius 3 is 2.64 bits per heavy atom. The number of carbonyl (C=O) groups excluding carboxylic acids is 1. The summed E-state index contributed by atoms with van der Waals surface area (Å²) in [7, 11) is 0. The summed E-state index contributed by atoms with van der Waals surface area (Å²) < 4.78 is 35.7. The number of allylic oxidation sites excluding steroid dienone is 4. The first-order valence-corrected chi connectivity index (χ1v) is 13.0. The van der Waals surface area contributed by atoms with Gasteiger partial charge in [0.1, 0.15) is 5.60 Å². The molecular formula is C28H29BrF2O2. The van der Waals surface area contributed by atoms with Crippen LogP contribution >= 0.6 is 15.9 Å². The van der Waals surface area contributed by atoms with Crippen LogP contribution in [-0.2, 0) is 9.53 Å². The molecule has 5 atom stereocenters. The SMILES string of the molecule is C[C@]12C[C@H](c3ccc(Br)cc3)C3=C4CCC(=O)C=C4CCC3C1CC[C@]21OCCC1=C(F)F. The summed E-state index contributed by atoms with van der Waals surface area (Å²) in [5, 5.41) is 0. The number of benzene rings is 1. The van der Waals surface area contributed by atoms with Crippen LogP contribution in [0, 0.1) is 17.3 Å². The van der Waals surface area contributed by atoms with Crippen molar-refractivity contribution in [2.45, 2.75) is 69.8 Å². The molecule has 5 heteroatoms. The molecule has 2 nitrogen and oxygen atoms in total. The molecule has 0 radical (unpaired) electrons. The molecule has 1 spiro atoms. The normalized spacial score (nSPS) is 37.7. The standard InChI is InChI=1S/C28H29BrF2O2/c1-27-15-22(16-2-5-18(29)6-3-16)25-20-9-7-19(32)14-17(20)4-8-21(25)23(27)10-12-28(27)24(26(30)31)11-13-33-28/h2-3,5-6,14,21-23H,4,7-13,15H2,1H3/t21?,22-,23?,27+,28-/m1/s1. The number of halogens is 3. The molecule has 1 aromatic carbocycles. The van der Waals surface area contributed by atoms with E-state index in [9.17, 15) is 13.6 Å². The van der Waals surface area contributed by atoms with Crippen LogP contribution in [0.25, 0.3) is 0 Å². The molecule has 0 amide bonds. The molecule has 174 valence electrons. The van der Waals surface area contributed by atoms with Gasteiger partial charge in [0.15, 0.2) is 5.78 Å². The molecule has 33 heavy (non-hydrogen) atoms. The van der Waals surface area contributed by atoms with Crippen molar-refractivity contribution in [2.75, 3.05) is 6.61 Å². The fourth-order valence-electron chi connectivity index (χ4n) is 8.24. The quantitative estimate of drug-likeness (QED) is 0.384. The number of ether oxygens (including phenoxy) is 1. The van der Waals surface area contributed by atoms with Crippen molar-refractivity contribution >= 4 is 21.7 Å². The molecule has 4 aliphatic carbocycles. The minimum Gasteiger partial charge on any atom is -0.370 e. The summed E-state index contributed by atoms with van der Waals surface area (Å²) in [6.07, 6.45) is 6.45. The molecule has 5 aliphatic rings. The van der Waals surface area contributed by atoms with Crippen molar-refractivity contribution in [2.24, 2.45) is 17.3 Å². The Kier molecular flexibility index (Phi) is 5.12. The van der Waals surface area contributed by atoms with Crippen LogP contribution in [0.2, 0.25) is 0 Å². The van der Waals surface area contributed by atoms with E-state index in [1.54, 1.807) is 0 Å². The highest BCUT2D eigenvalue weighted by Crippen LogP contribution is 2.70. The predicted octanol–water partition coefficient (Wildman–Crippen LogP) is 7.66. The Hall–Kier alpha value is -1.59. The van der Waals surface area contributed by atoms with Gasteiger partial charge in [-0.25, -0.2) is 0 Å². The lowest BCUT2D eigenvalue weighted by molar-refractivity contribution is -0.114. The van der Waals surface area contributed by atoms with Crippen molar-refractivity contribution in [3.8, 4) is 0 Å². The van der Waals surface area contributed by atoms with Gasteiger partial charge in [-0.15, -0.1) is 0 Å². The van der Waals surface area contributed by atoms with Gasteiger partial charge in [0, 0.05) is 34.2 Å². The molecule has 2 unspecified atom stereocenters. The average molecular weight is 515 g/mol. The smallest absolute Gasteiger partial charge is 0.272 e. The first-order valence-electron chi connectivity index (χ1n) is 12.2. The zero-order valence-electron chi connectivity index (χ0n) is 18.9. The van der Waals surface area contributed by atoms with E-state index < -0.39 is 11.7 Å². The van der Waals surface area contributed by atoms with Gasteiger partial charge >= 0.3 is 0 Å². The molecule has 0 bridgehead atoms. The van der Waals surface area contributed by atoms with Crippen molar-refractivity contribution in [3.63, 3.8) is 0 Å². The molecule has 0 aromatic heterocycles. The lowest BCUT2D eigenvalue weighted by Gasteiger charge is -2.55. The van der Waals surface area contributed by atoms with Crippen molar-refractivity contribution in [3.05, 3.63) is 68.8 Å².